The number of nitrogens with one attached hydrogen (secondary N) is 3. The Hall–Kier alpha value is -3.14. The van der Waals surface area contributed by atoms with E-state index >= 15 is 0 Å². The smallest absolute Gasteiger partial charge is 0.305 e. The van der Waals surface area contributed by atoms with Crippen LogP contribution in [-0.4, -0.2) is 23.4 Å². The summed E-state index contributed by atoms with van der Waals surface area (Å²) < 4.78 is 6.41. The van der Waals surface area contributed by atoms with E-state index in [0.717, 1.165) is 6.42 Å². The van der Waals surface area contributed by atoms with Gasteiger partial charge >= 0.3 is 5.91 Å². The first-order chi connectivity index (χ1) is 16.8. The number of fused-ring (bicyclic) bond motifs is 1. The molecule has 180 valence electrons. The van der Waals surface area contributed by atoms with Gasteiger partial charge in [-0.25, -0.2) is 5.43 Å². The Bertz CT molecular complexity index is 1370. The van der Waals surface area contributed by atoms with Gasteiger partial charge in [0.25, 0.3) is 11.8 Å². The molecule has 11 heteroatoms. The lowest BCUT2D eigenvalue weighted by Crippen LogP contribution is -2.41. The molecular weight excluding hydrogens is 559 g/mol. The van der Waals surface area contributed by atoms with Crippen LogP contribution in [-0.2, 0) is 6.42 Å². The van der Waals surface area contributed by atoms with Gasteiger partial charge in [-0.3, -0.25) is 25.2 Å². The number of hydrogen-bond donors (Lipinski definition) is 3. The van der Waals surface area contributed by atoms with Gasteiger partial charge in [-0.1, -0.05) is 35.3 Å². The van der Waals surface area contributed by atoms with Crippen LogP contribution in [0.2, 0.25) is 10.0 Å². The number of furan rings is 1. The maximum absolute atomic E-state index is 12.8. The zero-order valence-electron chi connectivity index (χ0n) is 18.4. The van der Waals surface area contributed by atoms with Crippen molar-refractivity contribution in [3.05, 3.63) is 90.8 Å². The molecule has 1 aliphatic carbocycles. The maximum Gasteiger partial charge on any atom is 0.305 e. The van der Waals surface area contributed by atoms with Gasteiger partial charge in [-0.05, 0) is 66.0 Å². The quantitative estimate of drug-likeness (QED) is 0.370. The number of aryl methyl sites for hydroxylation is 1. The van der Waals surface area contributed by atoms with E-state index in [4.69, 9.17) is 27.6 Å². The lowest BCUT2D eigenvalue weighted by molar-refractivity contribution is 0.0829. The predicted molar refractivity (Wildman–Crippen MR) is 136 cm³/mol. The summed E-state index contributed by atoms with van der Waals surface area (Å²) in [6.07, 6.45) is 1.93. The van der Waals surface area contributed by atoms with Crippen molar-refractivity contribution >= 4 is 62.6 Å². The lowest BCUT2D eigenvalue weighted by atomic mass is 9.93. The molecule has 0 saturated carbocycles. The summed E-state index contributed by atoms with van der Waals surface area (Å²) in [7, 11) is 0. The highest BCUT2D eigenvalue weighted by Crippen LogP contribution is 2.30. The predicted octanol–water partition coefficient (Wildman–Crippen LogP) is 5.20. The monoisotopic (exact) mass is 576 g/mol. The first-order valence-electron chi connectivity index (χ1n) is 10.6. The largest absolute Gasteiger partial charge is 0.455 e. The van der Waals surface area contributed by atoms with Crippen molar-refractivity contribution in [3.8, 4) is 0 Å². The number of carbonyl (C=O) groups is 3. The number of amides is 3. The molecule has 4 rings (SSSR count). The lowest BCUT2D eigenvalue weighted by Gasteiger charge is -2.13. The van der Waals surface area contributed by atoms with Crippen LogP contribution >= 0.6 is 39.1 Å². The van der Waals surface area contributed by atoms with Gasteiger partial charge in [-0.15, -0.1) is 0 Å². The Balaban J connectivity index is 1.50. The highest BCUT2D eigenvalue weighted by Gasteiger charge is 2.28. The molecular formula is C24H19BrCl2N4O4. The fraction of sp³-hybridized carbons (Fsp3) is 0.167. The number of halogens is 3. The Labute approximate surface area is 219 Å². The number of benzene rings is 2. The minimum Gasteiger partial charge on any atom is -0.455 e. The zero-order valence-corrected chi connectivity index (χ0v) is 21.5. The topological polar surface area (TPSA) is 113 Å². The number of nitrogens with zero attached hydrogens (tertiary/aromatic N) is 1. The van der Waals surface area contributed by atoms with Crippen LogP contribution in [0.3, 0.4) is 0 Å². The van der Waals surface area contributed by atoms with Crippen LogP contribution in [0.4, 0.5) is 0 Å². The van der Waals surface area contributed by atoms with Crippen molar-refractivity contribution in [2.45, 2.75) is 26.2 Å². The van der Waals surface area contributed by atoms with E-state index in [1.807, 2.05) is 0 Å². The summed E-state index contributed by atoms with van der Waals surface area (Å²) in [5.74, 6) is -0.919. The molecule has 0 fully saturated rings. The van der Waals surface area contributed by atoms with E-state index in [-0.39, 0.29) is 16.3 Å². The van der Waals surface area contributed by atoms with E-state index in [0.29, 0.717) is 50.5 Å². The van der Waals surface area contributed by atoms with Crippen molar-refractivity contribution in [2.24, 2.45) is 5.10 Å². The molecule has 8 nitrogen and oxygen atoms in total. The molecule has 0 spiro atoms. The van der Waals surface area contributed by atoms with E-state index in [2.05, 4.69) is 37.3 Å². The second kappa shape index (κ2) is 10.6. The Morgan fingerprint density at radius 3 is 2.46 bits per heavy atom. The van der Waals surface area contributed by atoms with Crippen LogP contribution in [0, 0.1) is 6.92 Å². The summed E-state index contributed by atoms with van der Waals surface area (Å²) in [5.41, 5.74) is 9.71. The summed E-state index contributed by atoms with van der Waals surface area (Å²) in [4.78, 5) is 37.7. The van der Waals surface area contributed by atoms with Gasteiger partial charge in [0.2, 0.25) is 0 Å². The van der Waals surface area contributed by atoms with Crippen LogP contribution < -0.4 is 16.3 Å². The molecule has 1 heterocycles. The number of rotatable bonds is 4. The first-order valence-corrected chi connectivity index (χ1v) is 12.1. The van der Waals surface area contributed by atoms with Crippen LogP contribution in [0.1, 0.15) is 61.0 Å². The number of hydrogen-bond acceptors (Lipinski definition) is 5. The van der Waals surface area contributed by atoms with Gasteiger partial charge in [0.05, 0.1) is 21.9 Å². The van der Waals surface area contributed by atoms with Crippen molar-refractivity contribution < 1.29 is 18.8 Å². The fourth-order valence-corrected chi connectivity index (χ4v) is 4.69. The van der Waals surface area contributed by atoms with Gasteiger partial charge in [0, 0.05) is 27.0 Å². The normalized spacial score (nSPS) is 13.8. The number of hydrazine groups is 1. The molecule has 3 N–H and O–H groups in total. The highest BCUT2D eigenvalue weighted by molar-refractivity contribution is 9.10. The number of hydrazone groups is 1. The molecule has 1 aromatic heterocycles. The molecule has 0 saturated heterocycles. The molecule has 2 aromatic carbocycles. The molecule has 0 radical (unpaired) electrons. The third-order valence-corrected chi connectivity index (χ3v) is 6.65. The Kier molecular flexibility index (Phi) is 7.59. The van der Waals surface area contributed by atoms with Crippen molar-refractivity contribution in [1.29, 1.82) is 0 Å². The SMILES string of the molecule is Cc1c(C(=O)NNC(=O)c2ccccc2Br)oc2c1/C(=N/NC(=O)c1ccc(Cl)cc1Cl)CCC2. The third kappa shape index (κ3) is 5.42. The maximum atomic E-state index is 12.8. The van der Waals surface area contributed by atoms with Gasteiger partial charge < -0.3 is 4.42 Å². The molecule has 3 amide bonds. The van der Waals surface area contributed by atoms with E-state index in [1.54, 1.807) is 37.3 Å². The van der Waals surface area contributed by atoms with Gasteiger partial charge in [-0.2, -0.15) is 5.10 Å². The number of carbonyl (C=O) groups excluding carboxylic acids is 3. The average molecular weight is 578 g/mol. The van der Waals surface area contributed by atoms with E-state index in [1.165, 1.54) is 12.1 Å². The molecule has 35 heavy (non-hydrogen) atoms. The van der Waals surface area contributed by atoms with Gasteiger partial charge in [0.1, 0.15) is 5.76 Å². The Morgan fingerprint density at radius 1 is 0.971 bits per heavy atom. The van der Waals surface area contributed by atoms with Crippen LogP contribution in [0.25, 0.3) is 0 Å². The summed E-state index contributed by atoms with van der Waals surface area (Å²) in [6.45, 7) is 1.73. The van der Waals surface area contributed by atoms with Crippen molar-refractivity contribution in [2.75, 3.05) is 0 Å². The molecule has 1 aliphatic rings. The first kappa shape index (κ1) is 25.0. The molecule has 3 aromatic rings. The fourth-order valence-electron chi connectivity index (χ4n) is 3.73. The van der Waals surface area contributed by atoms with E-state index < -0.39 is 17.7 Å². The standard InChI is InChI=1S/C24H19BrCl2N4O4/c1-12-20-18(28-29-23(33)15-10-9-13(26)11-17(15)27)7-4-8-19(20)35-21(12)24(34)31-30-22(32)14-5-2-3-6-16(14)25/h2-3,5-6,9-11H,4,7-8H2,1H3,(H,29,33)(H,30,32)(H,31,34)/b28-18+. The Morgan fingerprint density at radius 2 is 1.71 bits per heavy atom. The molecule has 0 bridgehead atoms. The van der Waals surface area contributed by atoms with E-state index in [9.17, 15) is 14.4 Å². The van der Waals surface area contributed by atoms with Crippen LogP contribution in [0.5, 0.6) is 0 Å². The molecule has 0 atom stereocenters. The molecule has 0 aliphatic heterocycles. The van der Waals surface area contributed by atoms with Crippen molar-refractivity contribution in [1.82, 2.24) is 16.3 Å². The van der Waals surface area contributed by atoms with Gasteiger partial charge in [0.15, 0.2) is 5.76 Å². The van der Waals surface area contributed by atoms with Crippen molar-refractivity contribution in [3.63, 3.8) is 0 Å². The minimum atomic E-state index is -0.603. The second-order valence-electron chi connectivity index (χ2n) is 7.72. The summed E-state index contributed by atoms with van der Waals surface area (Å²) in [6, 6.07) is 11.4. The van der Waals surface area contributed by atoms with Crippen LogP contribution in [0.15, 0.2) is 56.5 Å². The third-order valence-electron chi connectivity index (χ3n) is 5.41. The highest BCUT2D eigenvalue weighted by atomic mass is 79.9. The summed E-state index contributed by atoms with van der Waals surface area (Å²) >= 11 is 15.3. The zero-order chi connectivity index (χ0) is 25.1. The average Bonchev–Trinajstić information content (AvgIpc) is 3.18. The second-order valence-corrected chi connectivity index (χ2v) is 9.42. The minimum absolute atomic E-state index is 0.0594. The summed E-state index contributed by atoms with van der Waals surface area (Å²) in [5, 5.41) is 4.91. The molecule has 0 unspecified atom stereocenters.